The summed E-state index contributed by atoms with van der Waals surface area (Å²) < 4.78 is 0.963. The molecule has 1 N–H and O–H groups in total. The smallest absolute Gasteiger partial charge is 0.117 e. The zero-order chi connectivity index (χ0) is 10.1. The minimum atomic E-state index is 0.303. The van der Waals surface area contributed by atoms with Crippen molar-refractivity contribution >= 4 is 26.7 Å². The molecule has 2 rings (SSSR count). The Morgan fingerprint density at radius 2 is 2.07 bits per heavy atom. The molecule has 0 bridgehead atoms. The Bertz CT molecular complexity index is 477. The molecule has 0 aliphatic rings. The Hall–Kier alpha value is -1.02. The quantitative estimate of drug-likeness (QED) is 0.815. The Morgan fingerprint density at radius 3 is 2.79 bits per heavy atom. The Morgan fingerprint density at radius 1 is 1.29 bits per heavy atom. The van der Waals surface area contributed by atoms with Gasteiger partial charge in [0.2, 0.25) is 0 Å². The van der Waals surface area contributed by atoms with Crippen molar-refractivity contribution in [2.45, 2.75) is 13.3 Å². The van der Waals surface area contributed by atoms with Crippen LogP contribution in [0, 0.1) is 0 Å². The number of phenols is 1. The normalized spacial score (nSPS) is 10.7. The zero-order valence-corrected chi connectivity index (χ0v) is 9.51. The fraction of sp³-hybridized carbons (Fsp3) is 0.167. The Labute approximate surface area is 91.5 Å². The van der Waals surface area contributed by atoms with Gasteiger partial charge in [-0.15, -0.1) is 0 Å². The van der Waals surface area contributed by atoms with E-state index in [9.17, 15) is 5.11 Å². The lowest BCUT2D eigenvalue weighted by Gasteiger charge is -2.06. The van der Waals surface area contributed by atoms with Crippen LogP contribution < -0.4 is 0 Å². The summed E-state index contributed by atoms with van der Waals surface area (Å²) in [6.45, 7) is 2.13. The summed E-state index contributed by atoms with van der Waals surface area (Å²) in [5, 5.41) is 11.7. The third-order valence-corrected chi connectivity index (χ3v) is 3.01. The summed E-state index contributed by atoms with van der Waals surface area (Å²) >= 11 is 3.48. The van der Waals surface area contributed by atoms with Gasteiger partial charge in [0.25, 0.3) is 0 Å². The first kappa shape index (κ1) is 9.53. The lowest BCUT2D eigenvalue weighted by molar-refractivity contribution is 0.476. The summed E-state index contributed by atoms with van der Waals surface area (Å²) in [5.74, 6) is 0.303. The van der Waals surface area contributed by atoms with Crippen LogP contribution in [-0.4, -0.2) is 5.11 Å². The number of aromatic hydroxyl groups is 1. The molecule has 0 aliphatic carbocycles. The van der Waals surface area contributed by atoms with Crippen molar-refractivity contribution < 1.29 is 5.11 Å². The Balaban J connectivity index is 2.87. The Kier molecular flexibility index (Phi) is 2.46. The minimum absolute atomic E-state index is 0.303. The van der Waals surface area contributed by atoms with E-state index < -0.39 is 0 Å². The van der Waals surface area contributed by atoms with E-state index in [0.717, 1.165) is 16.3 Å². The molecule has 0 spiro atoms. The van der Waals surface area contributed by atoms with Gasteiger partial charge < -0.3 is 5.11 Å². The zero-order valence-electron chi connectivity index (χ0n) is 7.92. The molecular formula is C12H11BrO. The van der Waals surface area contributed by atoms with E-state index in [1.165, 1.54) is 10.9 Å². The van der Waals surface area contributed by atoms with Gasteiger partial charge in [0, 0.05) is 4.47 Å². The highest BCUT2D eigenvalue weighted by Gasteiger charge is 2.04. The predicted octanol–water partition coefficient (Wildman–Crippen LogP) is 3.87. The van der Waals surface area contributed by atoms with Crippen molar-refractivity contribution in [3.8, 4) is 5.75 Å². The van der Waals surface area contributed by atoms with Gasteiger partial charge in [0.15, 0.2) is 0 Å². The van der Waals surface area contributed by atoms with Gasteiger partial charge in [-0.25, -0.2) is 0 Å². The number of phenolic OH excluding ortho intramolecular Hbond substituents is 1. The maximum absolute atomic E-state index is 9.44. The van der Waals surface area contributed by atoms with Gasteiger partial charge in [0.05, 0.1) is 0 Å². The first-order valence-corrected chi connectivity index (χ1v) is 5.41. The van der Waals surface area contributed by atoms with E-state index >= 15 is 0 Å². The van der Waals surface area contributed by atoms with Crippen LogP contribution >= 0.6 is 15.9 Å². The molecule has 0 amide bonds. The molecule has 0 heterocycles. The third kappa shape index (κ3) is 1.50. The summed E-state index contributed by atoms with van der Waals surface area (Å²) in [6.07, 6.45) is 1.00. The van der Waals surface area contributed by atoms with Crippen molar-refractivity contribution in [3.63, 3.8) is 0 Å². The van der Waals surface area contributed by atoms with Gasteiger partial charge in [-0.3, -0.25) is 0 Å². The SMILES string of the molecule is CCc1cccc2cc(O)cc(Br)c12. The van der Waals surface area contributed by atoms with Crippen LogP contribution in [-0.2, 0) is 6.42 Å². The second-order valence-corrected chi connectivity index (χ2v) is 4.15. The molecule has 0 atom stereocenters. The molecule has 0 saturated carbocycles. The van der Waals surface area contributed by atoms with Crippen LogP contribution in [0.1, 0.15) is 12.5 Å². The molecule has 14 heavy (non-hydrogen) atoms. The van der Waals surface area contributed by atoms with Crippen LogP contribution in [0.5, 0.6) is 5.75 Å². The number of halogens is 1. The molecule has 2 aromatic rings. The standard InChI is InChI=1S/C12H11BrO/c1-2-8-4-3-5-9-6-10(14)7-11(13)12(8)9/h3-7,14H,2H2,1H3. The highest BCUT2D eigenvalue weighted by Crippen LogP contribution is 2.31. The summed E-state index contributed by atoms with van der Waals surface area (Å²) in [7, 11) is 0. The number of aryl methyl sites for hydroxylation is 1. The van der Waals surface area contributed by atoms with Crippen molar-refractivity contribution in [2.75, 3.05) is 0 Å². The van der Waals surface area contributed by atoms with E-state index in [0.29, 0.717) is 5.75 Å². The fourth-order valence-electron chi connectivity index (χ4n) is 1.73. The van der Waals surface area contributed by atoms with Crippen molar-refractivity contribution in [2.24, 2.45) is 0 Å². The molecule has 1 nitrogen and oxygen atoms in total. The van der Waals surface area contributed by atoms with Crippen LogP contribution in [0.15, 0.2) is 34.8 Å². The van der Waals surface area contributed by atoms with Gasteiger partial charge in [-0.05, 0) is 34.9 Å². The summed E-state index contributed by atoms with van der Waals surface area (Å²) in [4.78, 5) is 0. The fourth-order valence-corrected chi connectivity index (χ4v) is 2.45. The molecule has 72 valence electrons. The van der Waals surface area contributed by atoms with Gasteiger partial charge in [-0.2, -0.15) is 0 Å². The van der Waals surface area contributed by atoms with E-state index in [2.05, 4.69) is 28.9 Å². The second-order valence-electron chi connectivity index (χ2n) is 3.30. The predicted molar refractivity (Wildman–Crippen MR) is 62.7 cm³/mol. The molecule has 2 aromatic carbocycles. The average molecular weight is 251 g/mol. The lowest BCUT2D eigenvalue weighted by atomic mass is 10.0. The van der Waals surface area contributed by atoms with Crippen molar-refractivity contribution in [1.82, 2.24) is 0 Å². The molecular weight excluding hydrogens is 240 g/mol. The van der Waals surface area contributed by atoms with E-state index in [1.54, 1.807) is 12.1 Å². The number of hydrogen-bond acceptors (Lipinski definition) is 1. The highest BCUT2D eigenvalue weighted by molar-refractivity contribution is 9.10. The summed E-state index contributed by atoms with van der Waals surface area (Å²) in [5.41, 5.74) is 1.30. The number of rotatable bonds is 1. The average Bonchev–Trinajstić information content (AvgIpc) is 2.16. The van der Waals surface area contributed by atoms with Gasteiger partial charge in [-0.1, -0.05) is 41.1 Å². The van der Waals surface area contributed by atoms with Crippen LogP contribution in [0.4, 0.5) is 0 Å². The molecule has 0 aliphatic heterocycles. The van der Waals surface area contributed by atoms with Crippen LogP contribution in [0.3, 0.4) is 0 Å². The van der Waals surface area contributed by atoms with Crippen LogP contribution in [0.2, 0.25) is 0 Å². The number of benzene rings is 2. The monoisotopic (exact) mass is 250 g/mol. The first-order chi connectivity index (χ1) is 6.72. The van der Waals surface area contributed by atoms with E-state index in [1.807, 2.05) is 12.1 Å². The molecule has 0 saturated heterocycles. The molecule has 2 heteroatoms. The number of hydrogen-bond donors (Lipinski definition) is 1. The molecule has 0 unspecified atom stereocenters. The van der Waals surface area contributed by atoms with Crippen molar-refractivity contribution in [1.29, 1.82) is 0 Å². The van der Waals surface area contributed by atoms with E-state index in [4.69, 9.17) is 0 Å². The molecule has 0 aromatic heterocycles. The molecule has 0 fully saturated rings. The van der Waals surface area contributed by atoms with Crippen LogP contribution in [0.25, 0.3) is 10.8 Å². The second kappa shape index (κ2) is 3.62. The number of fused-ring (bicyclic) bond motifs is 1. The van der Waals surface area contributed by atoms with Crippen molar-refractivity contribution in [3.05, 3.63) is 40.4 Å². The highest BCUT2D eigenvalue weighted by atomic mass is 79.9. The molecule has 0 radical (unpaired) electrons. The third-order valence-electron chi connectivity index (χ3n) is 2.38. The first-order valence-electron chi connectivity index (χ1n) is 4.62. The maximum atomic E-state index is 9.44. The summed E-state index contributed by atoms with van der Waals surface area (Å²) in [6, 6.07) is 9.68. The van der Waals surface area contributed by atoms with E-state index in [-0.39, 0.29) is 0 Å². The van der Waals surface area contributed by atoms with Gasteiger partial charge in [0.1, 0.15) is 5.75 Å². The lowest BCUT2D eigenvalue weighted by Crippen LogP contribution is -1.84. The topological polar surface area (TPSA) is 20.2 Å². The minimum Gasteiger partial charge on any atom is -0.508 e. The largest absolute Gasteiger partial charge is 0.508 e. The van der Waals surface area contributed by atoms with Gasteiger partial charge >= 0.3 is 0 Å². The maximum Gasteiger partial charge on any atom is 0.117 e.